The summed E-state index contributed by atoms with van der Waals surface area (Å²) < 4.78 is 11.2. The number of pyridine rings is 1. The van der Waals surface area contributed by atoms with Crippen molar-refractivity contribution in [1.82, 2.24) is 15.2 Å². The number of nitrogens with one attached hydrogen (secondary N) is 1. The number of amides is 1. The van der Waals surface area contributed by atoms with E-state index in [-0.39, 0.29) is 42.9 Å². The molecule has 0 bridgehead atoms. The molecular weight excluding hydrogens is 353 g/mol. The van der Waals surface area contributed by atoms with E-state index in [1.54, 1.807) is 6.20 Å². The van der Waals surface area contributed by atoms with Crippen molar-refractivity contribution < 1.29 is 14.3 Å². The monoisotopic (exact) mass is 377 g/mol. The molecule has 0 radical (unpaired) electrons. The lowest BCUT2D eigenvalue weighted by Crippen LogP contribution is -2.47. The first-order valence-corrected chi connectivity index (χ1v) is 7.98. The maximum Gasteiger partial charge on any atom is 0.224 e. The average molecular weight is 378 g/mol. The molecule has 3 heterocycles. The van der Waals surface area contributed by atoms with Gasteiger partial charge in [0.25, 0.3) is 0 Å². The molecular formula is C16H25Cl2N3O3. The van der Waals surface area contributed by atoms with Gasteiger partial charge in [-0.25, -0.2) is 4.98 Å². The molecule has 1 atom stereocenters. The summed E-state index contributed by atoms with van der Waals surface area (Å²) >= 11 is 0. The second-order valence-corrected chi connectivity index (χ2v) is 5.80. The SMILES string of the molecule is Cl.Cl.O=C(CC1COCCN1)N1CCC(Oc2ccccn2)CC1. The van der Waals surface area contributed by atoms with E-state index in [1.807, 2.05) is 23.1 Å². The number of carbonyl (C=O) groups is 1. The Balaban J connectivity index is 0.00000144. The topological polar surface area (TPSA) is 63.7 Å². The van der Waals surface area contributed by atoms with Gasteiger partial charge in [-0.1, -0.05) is 6.07 Å². The Bertz CT molecular complexity index is 479. The molecule has 2 saturated heterocycles. The lowest BCUT2D eigenvalue weighted by atomic mass is 10.1. The predicted molar refractivity (Wildman–Crippen MR) is 96.2 cm³/mol. The van der Waals surface area contributed by atoms with Crippen LogP contribution in [0.15, 0.2) is 24.4 Å². The van der Waals surface area contributed by atoms with Gasteiger partial charge in [-0.05, 0) is 6.07 Å². The van der Waals surface area contributed by atoms with E-state index in [4.69, 9.17) is 9.47 Å². The lowest BCUT2D eigenvalue weighted by molar-refractivity contribution is -0.134. The van der Waals surface area contributed by atoms with Crippen LogP contribution in [0.25, 0.3) is 0 Å². The molecule has 1 unspecified atom stereocenters. The van der Waals surface area contributed by atoms with Gasteiger partial charge in [0.15, 0.2) is 0 Å². The number of likely N-dealkylation sites (tertiary alicyclic amines) is 1. The number of piperidine rings is 1. The van der Waals surface area contributed by atoms with Crippen molar-refractivity contribution in [2.75, 3.05) is 32.8 Å². The summed E-state index contributed by atoms with van der Waals surface area (Å²) in [6.07, 6.45) is 4.11. The highest BCUT2D eigenvalue weighted by Gasteiger charge is 2.26. The van der Waals surface area contributed by atoms with Gasteiger partial charge in [-0.2, -0.15) is 0 Å². The fraction of sp³-hybridized carbons (Fsp3) is 0.625. The highest BCUT2D eigenvalue weighted by molar-refractivity contribution is 5.85. The fourth-order valence-electron chi connectivity index (χ4n) is 2.90. The van der Waals surface area contributed by atoms with Gasteiger partial charge in [0, 0.05) is 57.2 Å². The van der Waals surface area contributed by atoms with Crippen LogP contribution in [0.4, 0.5) is 0 Å². The van der Waals surface area contributed by atoms with Gasteiger partial charge >= 0.3 is 0 Å². The zero-order valence-electron chi connectivity index (χ0n) is 13.6. The van der Waals surface area contributed by atoms with E-state index in [0.717, 1.165) is 39.1 Å². The van der Waals surface area contributed by atoms with Gasteiger partial charge in [-0.3, -0.25) is 4.79 Å². The molecule has 2 fully saturated rings. The number of nitrogens with zero attached hydrogens (tertiary/aromatic N) is 2. The molecule has 2 aliphatic rings. The van der Waals surface area contributed by atoms with E-state index in [1.165, 1.54) is 0 Å². The van der Waals surface area contributed by atoms with Crippen LogP contribution in [-0.4, -0.2) is 60.8 Å². The van der Waals surface area contributed by atoms with Crippen molar-refractivity contribution in [2.24, 2.45) is 0 Å². The first-order chi connectivity index (χ1) is 10.8. The molecule has 2 aliphatic heterocycles. The van der Waals surface area contributed by atoms with Crippen LogP contribution < -0.4 is 10.1 Å². The maximum absolute atomic E-state index is 12.3. The third kappa shape index (κ3) is 6.09. The molecule has 1 aromatic heterocycles. The standard InChI is InChI=1S/C16H23N3O3.2ClH/c20-16(11-13-12-21-10-7-17-13)19-8-4-14(5-9-19)22-15-3-1-2-6-18-15;;/h1-3,6,13-14,17H,4-5,7-12H2;2*1H. The lowest BCUT2D eigenvalue weighted by Gasteiger charge is -2.33. The summed E-state index contributed by atoms with van der Waals surface area (Å²) in [6.45, 7) is 3.71. The van der Waals surface area contributed by atoms with Crippen LogP contribution in [-0.2, 0) is 9.53 Å². The Hall–Kier alpha value is -1.08. The van der Waals surface area contributed by atoms with Crippen molar-refractivity contribution in [3.05, 3.63) is 24.4 Å². The zero-order valence-corrected chi connectivity index (χ0v) is 15.2. The van der Waals surface area contributed by atoms with Crippen molar-refractivity contribution in [1.29, 1.82) is 0 Å². The normalized spacial score (nSPS) is 21.3. The van der Waals surface area contributed by atoms with E-state index in [2.05, 4.69) is 10.3 Å². The van der Waals surface area contributed by atoms with Crippen molar-refractivity contribution in [2.45, 2.75) is 31.4 Å². The fourth-order valence-corrected chi connectivity index (χ4v) is 2.90. The summed E-state index contributed by atoms with van der Waals surface area (Å²) in [5.41, 5.74) is 0. The Morgan fingerprint density at radius 1 is 1.33 bits per heavy atom. The Morgan fingerprint density at radius 3 is 2.75 bits per heavy atom. The molecule has 6 nitrogen and oxygen atoms in total. The number of rotatable bonds is 4. The molecule has 1 N–H and O–H groups in total. The largest absolute Gasteiger partial charge is 0.474 e. The Kier molecular flexibility index (Phi) is 9.36. The molecule has 24 heavy (non-hydrogen) atoms. The van der Waals surface area contributed by atoms with Gasteiger partial charge < -0.3 is 19.7 Å². The molecule has 3 rings (SSSR count). The maximum atomic E-state index is 12.3. The smallest absolute Gasteiger partial charge is 0.224 e. The van der Waals surface area contributed by atoms with E-state index >= 15 is 0 Å². The van der Waals surface area contributed by atoms with Crippen LogP contribution in [0.3, 0.4) is 0 Å². The van der Waals surface area contributed by atoms with Gasteiger partial charge in [0.05, 0.1) is 13.2 Å². The second-order valence-electron chi connectivity index (χ2n) is 5.80. The number of morpholine rings is 1. The molecule has 136 valence electrons. The highest BCUT2D eigenvalue weighted by Crippen LogP contribution is 2.17. The first-order valence-electron chi connectivity index (χ1n) is 7.98. The van der Waals surface area contributed by atoms with E-state index < -0.39 is 0 Å². The number of ether oxygens (including phenoxy) is 2. The van der Waals surface area contributed by atoms with E-state index in [0.29, 0.717) is 18.9 Å². The van der Waals surface area contributed by atoms with Gasteiger partial charge in [-0.15, -0.1) is 24.8 Å². The number of hydrogen-bond donors (Lipinski definition) is 1. The molecule has 0 aliphatic carbocycles. The van der Waals surface area contributed by atoms with Crippen LogP contribution in [0.1, 0.15) is 19.3 Å². The molecule has 0 spiro atoms. The third-order valence-corrected chi connectivity index (χ3v) is 4.14. The summed E-state index contributed by atoms with van der Waals surface area (Å²) in [6, 6.07) is 5.81. The molecule has 0 aromatic carbocycles. The van der Waals surface area contributed by atoms with Crippen LogP contribution in [0.2, 0.25) is 0 Å². The number of aromatic nitrogens is 1. The van der Waals surface area contributed by atoms with Crippen LogP contribution >= 0.6 is 24.8 Å². The Morgan fingerprint density at radius 2 is 2.12 bits per heavy atom. The summed E-state index contributed by atoms with van der Waals surface area (Å²) in [5.74, 6) is 0.870. The summed E-state index contributed by atoms with van der Waals surface area (Å²) in [7, 11) is 0. The number of carbonyl (C=O) groups excluding carboxylic acids is 1. The van der Waals surface area contributed by atoms with Crippen molar-refractivity contribution in [3.63, 3.8) is 0 Å². The van der Waals surface area contributed by atoms with Crippen LogP contribution in [0, 0.1) is 0 Å². The third-order valence-electron chi connectivity index (χ3n) is 4.14. The first kappa shape index (κ1) is 21.0. The van der Waals surface area contributed by atoms with Crippen molar-refractivity contribution >= 4 is 30.7 Å². The quantitative estimate of drug-likeness (QED) is 0.864. The molecule has 8 heteroatoms. The Labute approximate surface area is 155 Å². The molecule has 1 amide bonds. The number of hydrogen-bond acceptors (Lipinski definition) is 5. The molecule has 1 aromatic rings. The van der Waals surface area contributed by atoms with Crippen LogP contribution in [0.5, 0.6) is 5.88 Å². The predicted octanol–water partition coefficient (Wildman–Crippen LogP) is 1.67. The van der Waals surface area contributed by atoms with Crippen molar-refractivity contribution in [3.8, 4) is 5.88 Å². The van der Waals surface area contributed by atoms with Gasteiger partial charge in [0.1, 0.15) is 6.10 Å². The summed E-state index contributed by atoms with van der Waals surface area (Å²) in [5, 5.41) is 3.33. The number of halogens is 2. The average Bonchev–Trinajstić information content (AvgIpc) is 2.57. The highest BCUT2D eigenvalue weighted by atomic mass is 35.5. The summed E-state index contributed by atoms with van der Waals surface area (Å²) in [4.78, 5) is 18.4. The second kappa shape index (κ2) is 10.7. The van der Waals surface area contributed by atoms with E-state index in [9.17, 15) is 4.79 Å². The minimum Gasteiger partial charge on any atom is -0.474 e. The molecule has 0 saturated carbocycles. The minimum atomic E-state index is 0. The zero-order chi connectivity index (χ0) is 15.2. The minimum absolute atomic E-state index is 0. The van der Waals surface area contributed by atoms with Gasteiger partial charge in [0.2, 0.25) is 11.8 Å².